The van der Waals surface area contributed by atoms with Crippen molar-refractivity contribution in [1.29, 1.82) is 0 Å². The zero-order valence-electron chi connectivity index (χ0n) is 10.7. The van der Waals surface area contributed by atoms with Crippen molar-refractivity contribution in [2.75, 3.05) is 13.2 Å². The van der Waals surface area contributed by atoms with Crippen molar-refractivity contribution in [1.82, 2.24) is 9.97 Å². The van der Waals surface area contributed by atoms with Crippen LogP contribution in [0.25, 0.3) is 11.3 Å². The fourth-order valence-electron chi connectivity index (χ4n) is 2.07. The molecule has 0 fully saturated rings. The fraction of sp³-hybridized carbons (Fsp3) is 0.286. The van der Waals surface area contributed by atoms with Gasteiger partial charge in [0.15, 0.2) is 11.5 Å². The van der Waals surface area contributed by atoms with Crippen LogP contribution < -0.4 is 15.2 Å². The summed E-state index contributed by atoms with van der Waals surface area (Å²) in [5.41, 5.74) is 8.34. The Hall–Kier alpha value is -2.14. The van der Waals surface area contributed by atoms with Gasteiger partial charge in [-0.25, -0.2) is 9.97 Å². The second kappa shape index (κ2) is 4.85. The summed E-state index contributed by atoms with van der Waals surface area (Å²) < 4.78 is 11.1. The van der Waals surface area contributed by atoms with Crippen LogP contribution in [0, 0.1) is 6.92 Å². The number of rotatable bonds is 2. The summed E-state index contributed by atoms with van der Waals surface area (Å²) in [6.45, 7) is 3.44. The molecule has 0 amide bonds. The van der Waals surface area contributed by atoms with E-state index in [0.717, 1.165) is 28.5 Å². The second-order valence-corrected chi connectivity index (χ2v) is 4.37. The first-order chi connectivity index (χ1) is 9.26. The van der Waals surface area contributed by atoms with Gasteiger partial charge in [-0.2, -0.15) is 0 Å². The maximum absolute atomic E-state index is 5.61. The molecule has 98 valence electrons. The topological polar surface area (TPSA) is 70.3 Å². The highest BCUT2D eigenvalue weighted by Crippen LogP contribution is 2.34. The van der Waals surface area contributed by atoms with Crippen molar-refractivity contribution in [2.24, 2.45) is 5.73 Å². The molecule has 0 saturated carbocycles. The van der Waals surface area contributed by atoms with Crippen molar-refractivity contribution in [3.05, 3.63) is 35.8 Å². The lowest BCUT2D eigenvalue weighted by Gasteiger charge is -2.18. The van der Waals surface area contributed by atoms with Crippen LogP contribution in [-0.4, -0.2) is 23.2 Å². The number of aryl methyl sites for hydroxylation is 1. The van der Waals surface area contributed by atoms with Gasteiger partial charge in [0.05, 0.1) is 12.2 Å². The zero-order valence-corrected chi connectivity index (χ0v) is 10.7. The van der Waals surface area contributed by atoms with Crippen LogP contribution in [-0.2, 0) is 6.54 Å². The molecule has 0 atom stereocenters. The van der Waals surface area contributed by atoms with Crippen LogP contribution in [0.4, 0.5) is 0 Å². The van der Waals surface area contributed by atoms with Crippen LogP contribution in [0.1, 0.15) is 11.5 Å². The predicted molar refractivity (Wildman–Crippen MR) is 71.1 cm³/mol. The van der Waals surface area contributed by atoms with Crippen LogP contribution in [0.2, 0.25) is 0 Å². The van der Waals surface area contributed by atoms with E-state index in [4.69, 9.17) is 15.2 Å². The molecule has 1 aromatic heterocycles. The third-order valence-corrected chi connectivity index (χ3v) is 2.92. The van der Waals surface area contributed by atoms with Crippen LogP contribution in [0.5, 0.6) is 11.5 Å². The predicted octanol–water partition coefficient (Wildman–Crippen LogP) is 1.68. The van der Waals surface area contributed by atoms with Gasteiger partial charge in [0, 0.05) is 11.3 Å². The Balaban J connectivity index is 2.04. The molecule has 1 aliphatic heterocycles. The molecule has 0 saturated heterocycles. The number of benzene rings is 1. The van der Waals surface area contributed by atoms with Gasteiger partial charge in [-0.05, 0) is 31.2 Å². The monoisotopic (exact) mass is 257 g/mol. The van der Waals surface area contributed by atoms with E-state index in [1.807, 2.05) is 31.2 Å². The van der Waals surface area contributed by atoms with Crippen molar-refractivity contribution in [3.8, 4) is 22.8 Å². The minimum absolute atomic E-state index is 0.333. The molecule has 1 aliphatic rings. The lowest BCUT2D eigenvalue weighted by molar-refractivity contribution is 0.171. The van der Waals surface area contributed by atoms with Gasteiger partial charge in [-0.3, -0.25) is 0 Å². The highest BCUT2D eigenvalue weighted by atomic mass is 16.6. The van der Waals surface area contributed by atoms with Crippen molar-refractivity contribution in [2.45, 2.75) is 13.5 Å². The Morgan fingerprint density at radius 1 is 1.11 bits per heavy atom. The molecule has 0 radical (unpaired) electrons. The second-order valence-electron chi connectivity index (χ2n) is 4.37. The molecule has 2 aromatic rings. The summed E-state index contributed by atoms with van der Waals surface area (Å²) in [6.07, 6.45) is 0. The third-order valence-electron chi connectivity index (χ3n) is 2.92. The van der Waals surface area contributed by atoms with Gasteiger partial charge in [0.25, 0.3) is 0 Å². The molecule has 0 unspecified atom stereocenters. The van der Waals surface area contributed by atoms with Gasteiger partial charge in [-0.1, -0.05) is 0 Å². The Morgan fingerprint density at radius 3 is 2.68 bits per heavy atom. The number of nitrogens with two attached hydrogens (primary N) is 1. The molecule has 0 spiro atoms. The molecular weight excluding hydrogens is 242 g/mol. The summed E-state index contributed by atoms with van der Waals surface area (Å²) in [7, 11) is 0. The van der Waals surface area contributed by atoms with E-state index in [1.54, 1.807) is 0 Å². The van der Waals surface area contributed by atoms with E-state index in [0.29, 0.717) is 25.6 Å². The molecule has 3 rings (SSSR count). The number of hydrogen-bond acceptors (Lipinski definition) is 5. The number of hydrogen-bond donors (Lipinski definition) is 1. The summed E-state index contributed by atoms with van der Waals surface area (Å²) in [6, 6.07) is 7.75. The van der Waals surface area contributed by atoms with E-state index < -0.39 is 0 Å². The first-order valence-corrected chi connectivity index (χ1v) is 6.21. The molecule has 19 heavy (non-hydrogen) atoms. The highest BCUT2D eigenvalue weighted by Gasteiger charge is 2.13. The molecule has 0 aliphatic carbocycles. The zero-order chi connectivity index (χ0) is 13.2. The van der Waals surface area contributed by atoms with E-state index in [2.05, 4.69) is 9.97 Å². The number of nitrogens with zero attached hydrogens (tertiary/aromatic N) is 2. The van der Waals surface area contributed by atoms with E-state index in [-0.39, 0.29) is 0 Å². The third kappa shape index (κ3) is 2.37. The SMILES string of the molecule is Cc1cc(-c2ccc3c(c2)OCCO3)nc(CN)n1. The van der Waals surface area contributed by atoms with E-state index in [1.165, 1.54) is 0 Å². The van der Waals surface area contributed by atoms with Gasteiger partial charge >= 0.3 is 0 Å². The average Bonchev–Trinajstić information content (AvgIpc) is 2.46. The van der Waals surface area contributed by atoms with Crippen molar-refractivity contribution in [3.63, 3.8) is 0 Å². The standard InChI is InChI=1S/C14H15N3O2/c1-9-6-11(17-14(8-15)16-9)10-2-3-12-13(7-10)19-5-4-18-12/h2-3,6-7H,4-5,8,15H2,1H3. The molecule has 2 N–H and O–H groups in total. The Morgan fingerprint density at radius 2 is 1.89 bits per heavy atom. The number of fused-ring (bicyclic) bond motifs is 1. The largest absolute Gasteiger partial charge is 0.486 e. The van der Waals surface area contributed by atoms with E-state index >= 15 is 0 Å². The Labute approximate surface area is 111 Å². The van der Waals surface area contributed by atoms with Crippen LogP contribution >= 0.6 is 0 Å². The fourth-order valence-corrected chi connectivity index (χ4v) is 2.07. The smallest absolute Gasteiger partial charge is 0.162 e. The van der Waals surface area contributed by atoms with E-state index in [9.17, 15) is 0 Å². The van der Waals surface area contributed by atoms with Gasteiger partial charge in [-0.15, -0.1) is 0 Å². The number of aromatic nitrogens is 2. The van der Waals surface area contributed by atoms with Crippen molar-refractivity contribution >= 4 is 0 Å². The van der Waals surface area contributed by atoms with Gasteiger partial charge < -0.3 is 15.2 Å². The highest BCUT2D eigenvalue weighted by molar-refractivity contribution is 5.64. The molecule has 2 heterocycles. The molecule has 5 heteroatoms. The quantitative estimate of drug-likeness (QED) is 0.886. The summed E-state index contributed by atoms with van der Waals surface area (Å²) in [4.78, 5) is 8.71. The van der Waals surface area contributed by atoms with Crippen LogP contribution in [0.15, 0.2) is 24.3 Å². The average molecular weight is 257 g/mol. The van der Waals surface area contributed by atoms with Crippen LogP contribution in [0.3, 0.4) is 0 Å². The van der Waals surface area contributed by atoms with Gasteiger partial charge in [0.1, 0.15) is 19.0 Å². The molecule has 5 nitrogen and oxygen atoms in total. The summed E-state index contributed by atoms with van der Waals surface area (Å²) in [5.74, 6) is 2.18. The minimum Gasteiger partial charge on any atom is -0.486 e. The first kappa shape index (κ1) is 11.9. The lowest BCUT2D eigenvalue weighted by Crippen LogP contribution is -2.15. The first-order valence-electron chi connectivity index (χ1n) is 6.21. The van der Waals surface area contributed by atoms with Crippen molar-refractivity contribution < 1.29 is 9.47 Å². The Bertz CT molecular complexity index is 614. The normalized spacial score (nSPS) is 13.4. The number of ether oxygens (including phenoxy) is 2. The minimum atomic E-state index is 0.333. The maximum Gasteiger partial charge on any atom is 0.162 e. The molecule has 1 aromatic carbocycles. The molecular formula is C14H15N3O2. The summed E-state index contributed by atoms with van der Waals surface area (Å²) in [5, 5.41) is 0. The van der Waals surface area contributed by atoms with Gasteiger partial charge in [0.2, 0.25) is 0 Å². The maximum atomic E-state index is 5.61. The lowest BCUT2D eigenvalue weighted by atomic mass is 10.1. The molecule has 0 bridgehead atoms. The summed E-state index contributed by atoms with van der Waals surface area (Å²) >= 11 is 0. The Kier molecular flexibility index (Phi) is 3.05.